The molecule has 1 fully saturated rings. The first kappa shape index (κ1) is 23.1. The average molecular weight is 426 g/mol. The number of hydrogen-bond donors (Lipinski definition) is 0. The molecule has 2 unspecified atom stereocenters. The Bertz CT molecular complexity index is 779. The van der Waals surface area contributed by atoms with Crippen LogP contribution in [0.4, 0.5) is 5.69 Å². The van der Waals surface area contributed by atoms with Crippen LogP contribution in [-0.4, -0.2) is 61.8 Å². The third kappa shape index (κ3) is 5.68. The molecule has 10 heteroatoms. The number of para-hydroxylation sites is 1. The van der Waals surface area contributed by atoms with E-state index in [9.17, 15) is 24.3 Å². The molecule has 0 N–H and O–H groups in total. The van der Waals surface area contributed by atoms with Gasteiger partial charge >= 0.3 is 11.7 Å². The van der Waals surface area contributed by atoms with Gasteiger partial charge in [0.2, 0.25) is 5.91 Å². The fraction of sp³-hybridized carbons (Fsp3) is 0.579. The molecule has 1 aromatic rings. The van der Waals surface area contributed by atoms with E-state index in [1.54, 1.807) is 26.8 Å². The summed E-state index contributed by atoms with van der Waals surface area (Å²) in [6, 6.07) is 5.01. The smallest absolute Gasteiger partial charge is 0.329 e. The number of carbonyl (C=O) groups is 2. The minimum absolute atomic E-state index is 0.0475. The van der Waals surface area contributed by atoms with Crippen LogP contribution in [0.1, 0.15) is 34.6 Å². The van der Waals surface area contributed by atoms with E-state index in [1.165, 1.54) is 27.4 Å². The molecule has 1 aromatic carbocycles. The summed E-state index contributed by atoms with van der Waals surface area (Å²) in [4.78, 5) is 37.5. The van der Waals surface area contributed by atoms with Crippen molar-refractivity contribution in [3.05, 3.63) is 34.4 Å². The minimum Gasteiger partial charge on any atom is -0.593 e. The Kier molecular flexibility index (Phi) is 7.25. The van der Waals surface area contributed by atoms with Gasteiger partial charge in [-0.15, -0.1) is 4.31 Å². The van der Waals surface area contributed by atoms with Gasteiger partial charge in [0.1, 0.15) is 18.2 Å². The summed E-state index contributed by atoms with van der Waals surface area (Å²) in [6.45, 7) is 9.14. The molecule has 0 aliphatic carbocycles. The molecule has 0 aromatic heterocycles. The zero-order chi connectivity index (χ0) is 21.9. The monoisotopic (exact) mass is 425 g/mol. The zero-order valence-electron chi connectivity index (χ0n) is 17.3. The highest BCUT2D eigenvalue weighted by Crippen LogP contribution is 2.28. The maximum Gasteiger partial charge on any atom is 0.329 e. The van der Waals surface area contributed by atoms with Crippen molar-refractivity contribution in [2.24, 2.45) is 5.92 Å². The Balaban J connectivity index is 2.16. The molecule has 1 aliphatic rings. The van der Waals surface area contributed by atoms with Crippen molar-refractivity contribution in [2.75, 3.05) is 19.6 Å². The van der Waals surface area contributed by atoms with Crippen LogP contribution in [0.3, 0.4) is 0 Å². The average Bonchev–Trinajstić information content (AvgIpc) is 2.60. The summed E-state index contributed by atoms with van der Waals surface area (Å²) in [5, 5.41) is 11.2. The Labute approximate surface area is 173 Å². The van der Waals surface area contributed by atoms with Crippen molar-refractivity contribution in [3.63, 3.8) is 0 Å². The van der Waals surface area contributed by atoms with Gasteiger partial charge in [-0.2, -0.15) is 0 Å². The summed E-state index contributed by atoms with van der Waals surface area (Å²) in [5.41, 5.74) is -0.933. The van der Waals surface area contributed by atoms with Gasteiger partial charge in [-0.3, -0.25) is 14.9 Å². The molecule has 0 radical (unpaired) electrons. The first-order chi connectivity index (χ1) is 13.4. The number of ether oxygens (including phenoxy) is 1. The maximum atomic E-state index is 12.9. The SMILES string of the molecule is CC(C)C(C(=O)OC(C)(C)C)N1CCN([S+]([O-])c2ccccc2[N+](=O)[O-])CC1=O. The Morgan fingerprint density at radius 1 is 1.24 bits per heavy atom. The topological polar surface area (TPSA) is 116 Å². The van der Waals surface area contributed by atoms with E-state index in [0.29, 0.717) is 0 Å². The molecule has 0 saturated carbocycles. The standard InChI is InChI=1S/C19H27N3O6S/c1-13(2)17(18(24)28-19(3,4)5)21-11-10-20(12-16(21)23)29(27)15-9-7-6-8-14(15)22(25)26/h6-9,13,17H,10-12H2,1-5H3. The molecule has 0 spiro atoms. The summed E-state index contributed by atoms with van der Waals surface area (Å²) in [6.07, 6.45) is 0. The van der Waals surface area contributed by atoms with Crippen molar-refractivity contribution >= 4 is 28.9 Å². The highest BCUT2D eigenvalue weighted by Gasteiger charge is 2.42. The molecule has 1 aliphatic heterocycles. The molecular weight excluding hydrogens is 398 g/mol. The van der Waals surface area contributed by atoms with Gasteiger partial charge in [0.25, 0.3) is 4.90 Å². The molecule has 9 nitrogen and oxygen atoms in total. The normalized spacial score (nSPS) is 17.9. The number of piperazine rings is 1. The minimum atomic E-state index is -1.86. The highest BCUT2D eigenvalue weighted by atomic mass is 32.2. The number of nitrogens with zero attached hydrogens (tertiary/aromatic N) is 3. The Hall–Kier alpha value is -2.17. The van der Waals surface area contributed by atoms with E-state index >= 15 is 0 Å². The first-order valence-corrected chi connectivity index (χ1v) is 10.5. The van der Waals surface area contributed by atoms with Crippen LogP contribution in [0, 0.1) is 16.0 Å². The number of amides is 1. The number of carbonyl (C=O) groups excluding carboxylic acids is 2. The molecule has 160 valence electrons. The molecule has 29 heavy (non-hydrogen) atoms. The van der Waals surface area contributed by atoms with E-state index in [1.807, 2.05) is 13.8 Å². The molecule has 1 amide bonds. The van der Waals surface area contributed by atoms with Gasteiger partial charge in [0, 0.05) is 18.7 Å². The van der Waals surface area contributed by atoms with E-state index < -0.39 is 33.9 Å². The van der Waals surface area contributed by atoms with Crippen molar-refractivity contribution in [1.82, 2.24) is 9.21 Å². The van der Waals surface area contributed by atoms with Crippen molar-refractivity contribution in [2.45, 2.75) is 51.2 Å². The molecule has 2 rings (SSSR count). The van der Waals surface area contributed by atoms with Gasteiger partial charge in [-0.25, -0.2) is 4.79 Å². The van der Waals surface area contributed by atoms with Crippen molar-refractivity contribution in [3.8, 4) is 0 Å². The highest BCUT2D eigenvalue weighted by molar-refractivity contribution is 7.89. The number of rotatable bonds is 6. The predicted octanol–water partition coefficient (Wildman–Crippen LogP) is 2.13. The second-order valence-electron chi connectivity index (χ2n) is 8.15. The van der Waals surface area contributed by atoms with Crippen LogP contribution in [0.25, 0.3) is 0 Å². The molecule has 2 atom stereocenters. The lowest BCUT2D eigenvalue weighted by Gasteiger charge is -2.39. The van der Waals surface area contributed by atoms with Gasteiger partial charge in [-0.1, -0.05) is 26.0 Å². The summed E-state index contributed by atoms with van der Waals surface area (Å²) in [5.74, 6) is -1.01. The van der Waals surface area contributed by atoms with E-state index in [0.717, 1.165) is 0 Å². The lowest BCUT2D eigenvalue weighted by atomic mass is 10.0. The number of esters is 1. The number of benzene rings is 1. The Morgan fingerprint density at radius 3 is 2.38 bits per heavy atom. The van der Waals surface area contributed by atoms with Crippen molar-refractivity contribution in [1.29, 1.82) is 0 Å². The van der Waals surface area contributed by atoms with E-state index in [4.69, 9.17) is 4.74 Å². The van der Waals surface area contributed by atoms with Gasteiger partial charge < -0.3 is 14.2 Å². The van der Waals surface area contributed by atoms with Gasteiger partial charge in [-0.05, 0) is 26.7 Å². The second kappa shape index (κ2) is 9.10. The van der Waals surface area contributed by atoms with E-state index in [2.05, 4.69) is 0 Å². The second-order valence-corrected chi connectivity index (χ2v) is 9.60. The van der Waals surface area contributed by atoms with Crippen molar-refractivity contribution < 1.29 is 23.8 Å². The lowest BCUT2D eigenvalue weighted by molar-refractivity contribution is -0.387. The quantitative estimate of drug-likeness (QED) is 0.297. The number of hydrogen-bond acceptors (Lipinski definition) is 7. The molecule has 0 bridgehead atoms. The molecule has 1 heterocycles. The summed E-state index contributed by atoms with van der Waals surface area (Å²) >= 11 is -1.86. The van der Waals surface area contributed by atoms with Crippen LogP contribution in [0.2, 0.25) is 0 Å². The zero-order valence-corrected chi connectivity index (χ0v) is 18.1. The van der Waals surface area contributed by atoms with Gasteiger partial charge in [0.05, 0.1) is 22.8 Å². The number of nitro benzene ring substituents is 1. The molecule has 1 saturated heterocycles. The first-order valence-electron chi connectivity index (χ1n) is 9.35. The van der Waals surface area contributed by atoms with Crippen LogP contribution in [0.5, 0.6) is 0 Å². The fourth-order valence-electron chi connectivity index (χ4n) is 3.12. The third-order valence-corrected chi connectivity index (χ3v) is 5.82. The molecular formula is C19H27N3O6S. The van der Waals surface area contributed by atoms with Crippen LogP contribution < -0.4 is 0 Å². The summed E-state index contributed by atoms with van der Waals surface area (Å²) in [7, 11) is 0. The summed E-state index contributed by atoms with van der Waals surface area (Å²) < 4.78 is 19.7. The Morgan fingerprint density at radius 2 is 1.86 bits per heavy atom. The predicted molar refractivity (Wildman–Crippen MR) is 107 cm³/mol. The van der Waals surface area contributed by atoms with Crippen LogP contribution in [-0.2, 0) is 25.7 Å². The van der Waals surface area contributed by atoms with Crippen LogP contribution in [0.15, 0.2) is 29.2 Å². The fourth-order valence-corrected chi connectivity index (χ4v) is 4.39. The van der Waals surface area contributed by atoms with Crippen LogP contribution >= 0.6 is 0 Å². The maximum absolute atomic E-state index is 12.9. The third-order valence-electron chi connectivity index (χ3n) is 4.32. The lowest BCUT2D eigenvalue weighted by Crippen LogP contribution is -2.59. The van der Waals surface area contributed by atoms with E-state index in [-0.39, 0.29) is 42.0 Å². The largest absolute Gasteiger partial charge is 0.593 e. The number of nitro groups is 1. The van der Waals surface area contributed by atoms with Gasteiger partial charge in [0.15, 0.2) is 0 Å².